The number of carbonyl (C=O) groups is 1. The molecule has 8 heteroatoms. The molecule has 0 saturated heterocycles. The van der Waals surface area contributed by atoms with E-state index in [1.165, 1.54) is 12.1 Å². The molecule has 18 heavy (non-hydrogen) atoms. The zero-order chi connectivity index (χ0) is 13.8. The second-order valence-corrected chi connectivity index (χ2v) is 6.21. The minimum Gasteiger partial charge on any atom is -0.481 e. The van der Waals surface area contributed by atoms with E-state index in [0.717, 1.165) is 6.07 Å². The van der Waals surface area contributed by atoms with Crippen molar-refractivity contribution in [2.45, 2.75) is 12.8 Å². The van der Waals surface area contributed by atoms with Crippen molar-refractivity contribution < 1.29 is 22.7 Å². The first-order valence-electron chi connectivity index (χ1n) is 4.98. The van der Waals surface area contributed by atoms with Crippen LogP contribution in [-0.4, -0.2) is 25.2 Å². The van der Waals surface area contributed by atoms with Crippen molar-refractivity contribution in [3.8, 4) is 0 Å². The zero-order valence-electron chi connectivity index (χ0n) is 9.19. The number of carboxylic acids is 1. The smallest absolute Gasteiger partial charge is 0.303 e. The van der Waals surface area contributed by atoms with Gasteiger partial charge in [-0.05, 0) is 34.5 Å². The third-order valence-electron chi connectivity index (χ3n) is 2.02. The van der Waals surface area contributed by atoms with E-state index in [4.69, 9.17) is 5.11 Å². The molecular formula is C10H11BrFNO4S. The van der Waals surface area contributed by atoms with Crippen LogP contribution in [-0.2, 0) is 14.8 Å². The van der Waals surface area contributed by atoms with Crippen molar-refractivity contribution in [1.82, 2.24) is 0 Å². The van der Waals surface area contributed by atoms with Crippen molar-refractivity contribution in [3.63, 3.8) is 0 Å². The van der Waals surface area contributed by atoms with Gasteiger partial charge < -0.3 is 5.11 Å². The number of anilines is 1. The molecule has 1 aromatic carbocycles. The van der Waals surface area contributed by atoms with Crippen LogP contribution >= 0.6 is 15.9 Å². The first kappa shape index (κ1) is 14.9. The lowest BCUT2D eigenvalue weighted by atomic mass is 10.3. The number of para-hydroxylation sites is 1. The summed E-state index contributed by atoms with van der Waals surface area (Å²) in [5.74, 6) is -2.15. The van der Waals surface area contributed by atoms with Crippen LogP contribution in [0.15, 0.2) is 22.7 Å². The van der Waals surface area contributed by atoms with Crippen LogP contribution in [0.3, 0.4) is 0 Å². The molecule has 0 unspecified atom stereocenters. The lowest BCUT2D eigenvalue weighted by molar-refractivity contribution is -0.137. The number of benzene rings is 1. The highest BCUT2D eigenvalue weighted by Gasteiger charge is 2.15. The maximum atomic E-state index is 13.4. The first-order chi connectivity index (χ1) is 8.32. The molecule has 0 saturated carbocycles. The maximum Gasteiger partial charge on any atom is 0.303 e. The van der Waals surface area contributed by atoms with Gasteiger partial charge in [-0.25, -0.2) is 12.8 Å². The van der Waals surface area contributed by atoms with Crippen LogP contribution in [0.2, 0.25) is 0 Å². The second-order valence-electron chi connectivity index (χ2n) is 3.51. The highest BCUT2D eigenvalue weighted by Crippen LogP contribution is 2.26. The van der Waals surface area contributed by atoms with Crippen LogP contribution in [0.25, 0.3) is 0 Å². The van der Waals surface area contributed by atoms with E-state index < -0.39 is 21.8 Å². The van der Waals surface area contributed by atoms with Crippen LogP contribution in [0.4, 0.5) is 10.1 Å². The number of hydrogen-bond donors (Lipinski definition) is 2. The third kappa shape index (κ3) is 4.61. The normalized spacial score (nSPS) is 11.2. The predicted molar refractivity (Wildman–Crippen MR) is 68.4 cm³/mol. The second kappa shape index (κ2) is 6.14. The molecule has 0 bridgehead atoms. The number of halogens is 2. The molecule has 0 atom stereocenters. The molecule has 0 amide bonds. The lowest BCUT2D eigenvalue weighted by Gasteiger charge is -2.09. The number of sulfonamides is 1. The van der Waals surface area contributed by atoms with Crippen LogP contribution in [0, 0.1) is 5.82 Å². The monoisotopic (exact) mass is 339 g/mol. The number of hydrogen-bond acceptors (Lipinski definition) is 3. The van der Waals surface area contributed by atoms with E-state index in [9.17, 15) is 17.6 Å². The Labute approximate surface area is 112 Å². The summed E-state index contributed by atoms with van der Waals surface area (Å²) in [6, 6.07) is 4.06. The van der Waals surface area contributed by atoms with Gasteiger partial charge in [0, 0.05) is 10.9 Å². The Hall–Kier alpha value is -1.15. The minimum absolute atomic E-state index is 0.0310. The summed E-state index contributed by atoms with van der Waals surface area (Å²) in [5, 5.41) is 8.41. The number of aliphatic carboxylic acids is 1. The third-order valence-corrected chi connectivity index (χ3v) is 4.03. The molecule has 5 nitrogen and oxygen atoms in total. The molecule has 100 valence electrons. The Morgan fingerprint density at radius 3 is 2.67 bits per heavy atom. The summed E-state index contributed by atoms with van der Waals surface area (Å²) in [6.07, 6.45) is -0.282. The summed E-state index contributed by atoms with van der Waals surface area (Å²) in [6.45, 7) is 0. The van der Waals surface area contributed by atoms with E-state index >= 15 is 0 Å². The van der Waals surface area contributed by atoms with E-state index in [1.807, 2.05) is 0 Å². The summed E-state index contributed by atoms with van der Waals surface area (Å²) in [5.41, 5.74) is -0.173. The summed E-state index contributed by atoms with van der Waals surface area (Å²) < 4.78 is 38.9. The van der Waals surface area contributed by atoms with E-state index in [1.54, 1.807) is 0 Å². The number of carboxylic acid groups (broad SMARTS) is 1. The molecule has 0 aliphatic carbocycles. The largest absolute Gasteiger partial charge is 0.481 e. The van der Waals surface area contributed by atoms with Crippen molar-refractivity contribution in [2.75, 3.05) is 10.5 Å². The summed E-state index contributed by atoms with van der Waals surface area (Å²) in [7, 11) is -3.76. The van der Waals surface area contributed by atoms with E-state index in [0.29, 0.717) is 0 Å². The van der Waals surface area contributed by atoms with Crippen LogP contribution in [0.1, 0.15) is 12.8 Å². The maximum absolute atomic E-state index is 13.4. The molecule has 2 N–H and O–H groups in total. The van der Waals surface area contributed by atoms with E-state index in [-0.39, 0.29) is 28.8 Å². The van der Waals surface area contributed by atoms with E-state index in [2.05, 4.69) is 20.7 Å². The van der Waals surface area contributed by atoms with Gasteiger partial charge in [0.2, 0.25) is 10.0 Å². The molecule has 0 aliphatic rings. The molecule has 0 fully saturated rings. The SMILES string of the molecule is O=C(O)CCCS(=O)(=O)Nc1c(F)cccc1Br. The van der Waals surface area contributed by atoms with Gasteiger partial charge in [0.15, 0.2) is 0 Å². The van der Waals surface area contributed by atoms with Gasteiger partial charge in [-0.2, -0.15) is 0 Å². The van der Waals surface area contributed by atoms with Gasteiger partial charge in [0.05, 0.1) is 11.4 Å². The first-order valence-corrected chi connectivity index (χ1v) is 7.42. The Morgan fingerprint density at radius 2 is 2.11 bits per heavy atom. The predicted octanol–water partition coefficient (Wildman–Crippen LogP) is 2.19. The fraction of sp³-hybridized carbons (Fsp3) is 0.300. The van der Waals surface area contributed by atoms with Crippen LogP contribution in [0.5, 0.6) is 0 Å². The van der Waals surface area contributed by atoms with Gasteiger partial charge in [-0.3, -0.25) is 9.52 Å². The van der Waals surface area contributed by atoms with Gasteiger partial charge in [-0.1, -0.05) is 6.07 Å². The molecular weight excluding hydrogens is 329 g/mol. The average molecular weight is 340 g/mol. The van der Waals surface area contributed by atoms with Crippen molar-refractivity contribution in [3.05, 3.63) is 28.5 Å². The quantitative estimate of drug-likeness (QED) is 0.832. The fourth-order valence-electron chi connectivity index (χ4n) is 1.22. The van der Waals surface area contributed by atoms with Crippen LogP contribution < -0.4 is 4.72 Å². The molecule has 1 aromatic rings. The number of rotatable bonds is 6. The number of nitrogens with one attached hydrogen (secondary N) is 1. The van der Waals surface area contributed by atoms with Crippen molar-refractivity contribution in [1.29, 1.82) is 0 Å². The fourth-order valence-corrected chi connectivity index (χ4v) is 2.93. The van der Waals surface area contributed by atoms with Crippen molar-refractivity contribution in [2.24, 2.45) is 0 Å². The topological polar surface area (TPSA) is 83.5 Å². The summed E-state index contributed by atoms with van der Waals surface area (Å²) >= 11 is 3.03. The summed E-state index contributed by atoms with van der Waals surface area (Å²) in [4.78, 5) is 10.3. The Morgan fingerprint density at radius 1 is 1.44 bits per heavy atom. The van der Waals surface area contributed by atoms with Gasteiger partial charge in [-0.15, -0.1) is 0 Å². The molecule has 0 aromatic heterocycles. The zero-order valence-corrected chi connectivity index (χ0v) is 11.6. The average Bonchev–Trinajstić information content (AvgIpc) is 2.23. The lowest BCUT2D eigenvalue weighted by Crippen LogP contribution is -2.18. The standard InChI is InChI=1S/C10H11BrFNO4S/c11-7-3-1-4-8(12)10(7)13-18(16,17)6-2-5-9(14)15/h1,3-4,13H,2,5-6H2,(H,14,15). The molecule has 1 rings (SSSR count). The highest BCUT2D eigenvalue weighted by atomic mass is 79.9. The molecule has 0 aliphatic heterocycles. The van der Waals surface area contributed by atoms with Gasteiger partial charge in [0.25, 0.3) is 0 Å². The minimum atomic E-state index is -3.76. The molecule has 0 radical (unpaired) electrons. The van der Waals surface area contributed by atoms with Gasteiger partial charge in [0.1, 0.15) is 5.82 Å². The van der Waals surface area contributed by atoms with Gasteiger partial charge >= 0.3 is 5.97 Å². The Balaban J connectivity index is 2.74. The Bertz CT molecular complexity index is 527. The van der Waals surface area contributed by atoms with Crippen molar-refractivity contribution >= 4 is 37.6 Å². The Kier molecular flexibility index (Phi) is 5.09. The highest BCUT2D eigenvalue weighted by molar-refractivity contribution is 9.10. The molecule has 0 spiro atoms. The molecule has 0 heterocycles.